The molecule has 1 amide bonds. The fraction of sp³-hybridized carbons (Fsp3) is 0.400. The van der Waals surface area contributed by atoms with Gasteiger partial charge in [-0.15, -0.1) is 0 Å². The first-order valence-corrected chi connectivity index (χ1v) is 9.11. The topological polar surface area (TPSA) is 45.2 Å². The predicted octanol–water partition coefficient (Wildman–Crippen LogP) is 4.44. The molecule has 2 fully saturated rings. The van der Waals surface area contributed by atoms with Gasteiger partial charge >= 0.3 is 6.18 Å². The maximum Gasteiger partial charge on any atom is 0.416 e. The molecule has 0 spiro atoms. The van der Waals surface area contributed by atoms with Gasteiger partial charge in [-0.1, -0.05) is 18.2 Å². The van der Waals surface area contributed by atoms with Crippen molar-refractivity contribution in [3.63, 3.8) is 0 Å². The molecule has 2 heterocycles. The van der Waals surface area contributed by atoms with Crippen LogP contribution in [0.5, 0.6) is 0 Å². The summed E-state index contributed by atoms with van der Waals surface area (Å²) in [6, 6.07) is 8.95. The molecule has 2 aliphatic rings. The van der Waals surface area contributed by atoms with Crippen LogP contribution in [0.3, 0.4) is 0 Å². The highest BCUT2D eigenvalue weighted by Gasteiger charge is 2.44. The number of nitrogens with one attached hydrogen (secondary N) is 1. The number of hydrogen-bond acceptors (Lipinski definition) is 3. The normalized spacial score (nSPS) is 22.0. The third-order valence-corrected chi connectivity index (χ3v) is 5.21. The van der Waals surface area contributed by atoms with Gasteiger partial charge in [-0.2, -0.15) is 13.2 Å². The molecule has 0 radical (unpaired) electrons. The van der Waals surface area contributed by atoms with Gasteiger partial charge in [-0.05, 0) is 48.9 Å². The second-order valence-corrected chi connectivity index (χ2v) is 7.16. The smallest absolute Gasteiger partial charge is 0.357 e. The van der Waals surface area contributed by atoms with E-state index in [1.54, 1.807) is 12.3 Å². The molecule has 2 aromatic rings. The summed E-state index contributed by atoms with van der Waals surface area (Å²) in [4.78, 5) is 19.0. The lowest BCUT2D eigenvalue weighted by Crippen LogP contribution is -2.19. The summed E-state index contributed by atoms with van der Waals surface area (Å²) in [6.45, 7) is 2.00. The first-order valence-electron chi connectivity index (χ1n) is 9.11. The lowest BCUT2D eigenvalue weighted by molar-refractivity contribution is -0.137. The summed E-state index contributed by atoms with van der Waals surface area (Å²) >= 11 is 0. The Balaban J connectivity index is 1.37. The van der Waals surface area contributed by atoms with Crippen molar-refractivity contribution in [2.45, 2.75) is 31.4 Å². The zero-order valence-corrected chi connectivity index (χ0v) is 14.7. The van der Waals surface area contributed by atoms with Gasteiger partial charge in [-0.25, -0.2) is 4.98 Å². The van der Waals surface area contributed by atoms with E-state index >= 15 is 0 Å². The van der Waals surface area contributed by atoms with E-state index in [1.165, 1.54) is 18.9 Å². The number of nitrogens with zero attached hydrogens (tertiary/aromatic N) is 2. The van der Waals surface area contributed by atoms with Crippen LogP contribution in [0.15, 0.2) is 42.6 Å². The van der Waals surface area contributed by atoms with E-state index in [9.17, 15) is 18.0 Å². The van der Waals surface area contributed by atoms with E-state index in [-0.39, 0.29) is 17.7 Å². The lowest BCUT2D eigenvalue weighted by atomic mass is 10.1. The molecule has 1 saturated heterocycles. The van der Waals surface area contributed by atoms with Gasteiger partial charge in [0.25, 0.3) is 0 Å². The number of hydrogen-bond donors (Lipinski definition) is 1. The van der Waals surface area contributed by atoms with Gasteiger partial charge in [0.2, 0.25) is 5.91 Å². The molecule has 1 N–H and O–H groups in total. The number of amides is 1. The number of benzene rings is 1. The Morgan fingerprint density at radius 3 is 2.59 bits per heavy atom. The van der Waals surface area contributed by atoms with Crippen LogP contribution in [0.4, 0.5) is 24.7 Å². The number of carbonyl (C=O) groups is 1. The van der Waals surface area contributed by atoms with Crippen LogP contribution in [-0.2, 0) is 11.0 Å². The minimum atomic E-state index is -4.37. The van der Waals surface area contributed by atoms with E-state index < -0.39 is 11.7 Å². The number of anilines is 2. The number of alkyl halides is 3. The number of carbonyl (C=O) groups excluding carboxylic acids is 1. The highest BCUT2D eigenvalue weighted by molar-refractivity contribution is 5.95. The molecule has 1 saturated carbocycles. The van der Waals surface area contributed by atoms with E-state index in [4.69, 9.17) is 0 Å². The highest BCUT2D eigenvalue weighted by atomic mass is 19.4. The fourth-order valence-corrected chi connectivity index (χ4v) is 3.63. The standard InChI is InChI=1S/C20H20F3N3O/c21-20(22,23)14-5-3-4-13(10-14)16-11-17(16)19(27)25-15-6-7-18(24-12-15)26-8-1-2-9-26/h3-7,10,12,16-17H,1-2,8-9,11H2,(H,25,27). The molecule has 4 nitrogen and oxygen atoms in total. The molecule has 7 heteroatoms. The van der Waals surface area contributed by atoms with Gasteiger partial charge in [0.15, 0.2) is 0 Å². The molecule has 2 atom stereocenters. The Labute approximate surface area is 155 Å². The van der Waals surface area contributed by atoms with Crippen LogP contribution < -0.4 is 10.2 Å². The molecular formula is C20H20F3N3O. The van der Waals surface area contributed by atoms with Crippen molar-refractivity contribution in [2.24, 2.45) is 5.92 Å². The Morgan fingerprint density at radius 2 is 1.93 bits per heavy atom. The summed E-state index contributed by atoms with van der Waals surface area (Å²) < 4.78 is 38.5. The molecule has 2 unspecified atom stereocenters. The molecule has 142 valence electrons. The van der Waals surface area contributed by atoms with Crippen LogP contribution in [0.1, 0.15) is 36.3 Å². The van der Waals surface area contributed by atoms with E-state index in [0.717, 1.165) is 31.0 Å². The summed E-state index contributed by atoms with van der Waals surface area (Å²) in [5.41, 5.74) is 0.498. The Hall–Kier alpha value is -2.57. The second-order valence-electron chi connectivity index (χ2n) is 7.16. The van der Waals surface area contributed by atoms with E-state index in [1.807, 2.05) is 12.1 Å². The number of pyridine rings is 1. The minimum Gasteiger partial charge on any atom is -0.357 e. The van der Waals surface area contributed by atoms with E-state index in [0.29, 0.717) is 17.7 Å². The summed E-state index contributed by atoms with van der Waals surface area (Å²) in [5.74, 6) is 0.266. The predicted molar refractivity (Wildman–Crippen MR) is 96.6 cm³/mol. The Morgan fingerprint density at radius 1 is 1.15 bits per heavy atom. The molecular weight excluding hydrogens is 355 g/mol. The number of aromatic nitrogens is 1. The maximum absolute atomic E-state index is 12.8. The SMILES string of the molecule is O=C(Nc1ccc(N2CCCC2)nc1)C1CC1c1cccc(C(F)(F)F)c1. The highest BCUT2D eigenvalue weighted by Crippen LogP contribution is 2.48. The van der Waals surface area contributed by atoms with Crippen LogP contribution in [-0.4, -0.2) is 24.0 Å². The molecule has 1 aliphatic carbocycles. The Bertz CT molecular complexity index is 829. The van der Waals surface area contributed by atoms with Gasteiger partial charge in [0.1, 0.15) is 5.82 Å². The minimum absolute atomic E-state index is 0.163. The van der Waals surface area contributed by atoms with Crippen LogP contribution >= 0.6 is 0 Å². The Kier molecular flexibility index (Phi) is 4.53. The lowest BCUT2D eigenvalue weighted by Gasteiger charge is -2.16. The molecule has 1 aromatic carbocycles. The summed E-state index contributed by atoms with van der Waals surface area (Å²) in [7, 11) is 0. The van der Waals surface area contributed by atoms with Gasteiger partial charge in [0.05, 0.1) is 17.4 Å². The summed E-state index contributed by atoms with van der Waals surface area (Å²) in [6.07, 6.45) is 0.155. The monoisotopic (exact) mass is 375 g/mol. The number of rotatable bonds is 4. The van der Waals surface area contributed by atoms with Crippen molar-refractivity contribution in [1.29, 1.82) is 0 Å². The molecule has 0 bridgehead atoms. The third-order valence-electron chi connectivity index (χ3n) is 5.21. The van der Waals surface area contributed by atoms with Gasteiger partial charge < -0.3 is 10.2 Å². The zero-order chi connectivity index (χ0) is 19.0. The van der Waals surface area contributed by atoms with Crippen molar-refractivity contribution in [3.8, 4) is 0 Å². The first-order chi connectivity index (χ1) is 12.9. The van der Waals surface area contributed by atoms with Gasteiger partial charge in [-0.3, -0.25) is 4.79 Å². The maximum atomic E-state index is 12.8. The van der Waals surface area contributed by atoms with Crippen LogP contribution in [0.25, 0.3) is 0 Å². The average Bonchev–Trinajstić information content (AvgIpc) is 3.27. The second kappa shape index (κ2) is 6.87. The van der Waals surface area contributed by atoms with Gasteiger partial charge in [0, 0.05) is 19.0 Å². The molecule has 1 aromatic heterocycles. The molecule has 27 heavy (non-hydrogen) atoms. The van der Waals surface area contributed by atoms with Crippen molar-refractivity contribution in [2.75, 3.05) is 23.3 Å². The zero-order valence-electron chi connectivity index (χ0n) is 14.7. The summed E-state index contributed by atoms with van der Waals surface area (Å²) in [5, 5.41) is 2.82. The average molecular weight is 375 g/mol. The fourth-order valence-electron chi connectivity index (χ4n) is 3.63. The van der Waals surface area contributed by atoms with E-state index in [2.05, 4.69) is 15.2 Å². The van der Waals surface area contributed by atoms with Crippen molar-refractivity contribution >= 4 is 17.4 Å². The van der Waals surface area contributed by atoms with Crippen molar-refractivity contribution < 1.29 is 18.0 Å². The van der Waals surface area contributed by atoms with Crippen molar-refractivity contribution in [3.05, 3.63) is 53.7 Å². The van der Waals surface area contributed by atoms with Crippen LogP contribution in [0, 0.1) is 5.92 Å². The number of halogens is 3. The largest absolute Gasteiger partial charge is 0.416 e. The van der Waals surface area contributed by atoms with Crippen molar-refractivity contribution in [1.82, 2.24) is 4.98 Å². The third kappa shape index (κ3) is 3.91. The molecule has 4 rings (SSSR count). The molecule has 1 aliphatic heterocycles. The quantitative estimate of drug-likeness (QED) is 0.859. The van der Waals surface area contributed by atoms with Crippen LogP contribution in [0.2, 0.25) is 0 Å². The first kappa shape index (κ1) is 17.8.